The molecule has 22 heavy (non-hydrogen) atoms. The van der Waals surface area contributed by atoms with E-state index in [2.05, 4.69) is 29.6 Å². The summed E-state index contributed by atoms with van der Waals surface area (Å²) >= 11 is 0. The van der Waals surface area contributed by atoms with Crippen LogP contribution < -0.4 is 5.32 Å². The summed E-state index contributed by atoms with van der Waals surface area (Å²) in [6.07, 6.45) is 2.31. The monoisotopic (exact) mass is 295 g/mol. The van der Waals surface area contributed by atoms with Gasteiger partial charge in [0.1, 0.15) is 0 Å². The summed E-state index contributed by atoms with van der Waals surface area (Å²) in [4.78, 5) is 12.4. The van der Waals surface area contributed by atoms with E-state index in [4.69, 9.17) is 5.11 Å². The Morgan fingerprint density at radius 2 is 1.95 bits per heavy atom. The van der Waals surface area contributed by atoms with E-state index in [1.165, 1.54) is 22.3 Å². The third-order valence-electron chi connectivity index (χ3n) is 4.36. The maximum absolute atomic E-state index is 12.4. The maximum Gasteiger partial charge on any atom is 0.251 e. The molecule has 3 rings (SSSR count). The Balaban J connectivity index is 1.80. The molecule has 114 valence electrons. The highest BCUT2D eigenvalue weighted by Gasteiger charge is 2.20. The highest BCUT2D eigenvalue weighted by molar-refractivity contribution is 5.95. The SMILES string of the molecule is CCC(CCO)NC(=O)c1ccc2c(c1)Cc1ccccc1-2. The van der Waals surface area contributed by atoms with Gasteiger partial charge < -0.3 is 10.4 Å². The fourth-order valence-corrected chi connectivity index (χ4v) is 3.09. The zero-order chi connectivity index (χ0) is 15.5. The van der Waals surface area contributed by atoms with Gasteiger partial charge in [0.2, 0.25) is 0 Å². The molecule has 0 aliphatic heterocycles. The van der Waals surface area contributed by atoms with Crippen molar-refractivity contribution in [2.75, 3.05) is 6.61 Å². The summed E-state index contributed by atoms with van der Waals surface area (Å²) in [6, 6.07) is 14.3. The Hall–Kier alpha value is -2.13. The van der Waals surface area contributed by atoms with Crippen LogP contribution in [0.4, 0.5) is 0 Å². The largest absolute Gasteiger partial charge is 0.396 e. The molecule has 3 nitrogen and oxygen atoms in total. The van der Waals surface area contributed by atoms with Gasteiger partial charge in [-0.05, 0) is 53.6 Å². The van der Waals surface area contributed by atoms with Crippen molar-refractivity contribution in [1.82, 2.24) is 5.32 Å². The van der Waals surface area contributed by atoms with Gasteiger partial charge in [0.05, 0.1) is 0 Å². The Kier molecular flexibility index (Phi) is 4.25. The third-order valence-corrected chi connectivity index (χ3v) is 4.36. The number of fused-ring (bicyclic) bond motifs is 3. The van der Waals surface area contributed by atoms with Gasteiger partial charge in [0.25, 0.3) is 5.91 Å². The van der Waals surface area contributed by atoms with Crippen LogP contribution in [-0.4, -0.2) is 23.7 Å². The minimum Gasteiger partial charge on any atom is -0.396 e. The second-order valence-corrected chi connectivity index (χ2v) is 5.80. The Bertz CT molecular complexity index is 694. The van der Waals surface area contributed by atoms with E-state index in [0.29, 0.717) is 12.0 Å². The van der Waals surface area contributed by atoms with E-state index in [1.807, 2.05) is 25.1 Å². The zero-order valence-electron chi connectivity index (χ0n) is 12.8. The van der Waals surface area contributed by atoms with Crippen LogP contribution in [0.2, 0.25) is 0 Å². The summed E-state index contributed by atoms with van der Waals surface area (Å²) < 4.78 is 0. The molecule has 0 bridgehead atoms. The average molecular weight is 295 g/mol. The molecule has 2 aromatic rings. The molecule has 0 saturated heterocycles. The number of aliphatic hydroxyl groups excluding tert-OH is 1. The second kappa shape index (κ2) is 6.32. The average Bonchev–Trinajstić information content (AvgIpc) is 2.91. The molecule has 1 amide bonds. The summed E-state index contributed by atoms with van der Waals surface area (Å²) in [6.45, 7) is 2.11. The van der Waals surface area contributed by atoms with Crippen LogP contribution in [0.5, 0.6) is 0 Å². The molecule has 0 radical (unpaired) electrons. The van der Waals surface area contributed by atoms with Gasteiger partial charge in [-0.15, -0.1) is 0 Å². The highest BCUT2D eigenvalue weighted by atomic mass is 16.3. The Morgan fingerprint density at radius 1 is 1.18 bits per heavy atom. The molecule has 0 saturated carbocycles. The minimum atomic E-state index is -0.0564. The lowest BCUT2D eigenvalue weighted by Crippen LogP contribution is -2.35. The topological polar surface area (TPSA) is 49.3 Å². The van der Waals surface area contributed by atoms with Crippen molar-refractivity contribution in [2.45, 2.75) is 32.2 Å². The molecule has 0 heterocycles. The number of amides is 1. The number of benzene rings is 2. The van der Waals surface area contributed by atoms with Crippen LogP contribution in [0, 0.1) is 0 Å². The molecule has 0 fully saturated rings. The van der Waals surface area contributed by atoms with E-state index in [0.717, 1.165) is 12.8 Å². The first kappa shape index (κ1) is 14.8. The summed E-state index contributed by atoms with van der Waals surface area (Å²) in [7, 11) is 0. The molecule has 1 aliphatic rings. The number of hydrogen-bond acceptors (Lipinski definition) is 2. The van der Waals surface area contributed by atoms with E-state index >= 15 is 0 Å². The van der Waals surface area contributed by atoms with Crippen molar-refractivity contribution >= 4 is 5.91 Å². The van der Waals surface area contributed by atoms with Gasteiger partial charge in [-0.2, -0.15) is 0 Å². The second-order valence-electron chi connectivity index (χ2n) is 5.80. The van der Waals surface area contributed by atoms with Crippen LogP contribution >= 0.6 is 0 Å². The predicted molar refractivity (Wildman–Crippen MR) is 87.9 cm³/mol. The maximum atomic E-state index is 12.4. The van der Waals surface area contributed by atoms with Crippen molar-refractivity contribution in [1.29, 1.82) is 0 Å². The van der Waals surface area contributed by atoms with Gasteiger partial charge >= 0.3 is 0 Å². The van der Waals surface area contributed by atoms with Crippen LogP contribution in [0.25, 0.3) is 11.1 Å². The van der Waals surface area contributed by atoms with Crippen molar-refractivity contribution in [2.24, 2.45) is 0 Å². The predicted octanol–water partition coefficient (Wildman–Crippen LogP) is 3.15. The molecular formula is C19H21NO2. The summed E-state index contributed by atoms with van der Waals surface area (Å²) in [5.74, 6) is -0.0564. The first-order valence-corrected chi connectivity index (χ1v) is 7.86. The molecule has 1 atom stereocenters. The molecule has 3 heteroatoms. The van der Waals surface area contributed by atoms with Crippen LogP contribution in [0.3, 0.4) is 0 Å². The number of nitrogens with one attached hydrogen (secondary N) is 1. The number of hydrogen-bond donors (Lipinski definition) is 2. The van der Waals surface area contributed by atoms with Crippen LogP contribution in [0.1, 0.15) is 41.3 Å². The smallest absolute Gasteiger partial charge is 0.251 e. The van der Waals surface area contributed by atoms with E-state index in [1.54, 1.807) is 0 Å². The zero-order valence-corrected chi connectivity index (χ0v) is 12.8. The standard InChI is InChI=1S/C19H21NO2/c1-2-16(9-10-21)20-19(22)14-7-8-18-15(12-14)11-13-5-3-4-6-17(13)18/h3-8,12,16,21H,2,9-11H2,1H3,(H,20,22). The molecule has 0 aromatic heterocycles. The Morgan fingerprint density at radius 3 is 2.73 bits per heavy atom. The lowest BCUT2D eigenvalue weighted by Gasteiger charge is -2.16. The van der Waals surface area contributed by atoms with Crippen LogP contribution in [0.15, 0.2) is 42.5 Å². The first-order chi connectivity index (χ1) is 10.7. The molecule has 2 aromatic carbocycles. The van der Waals surface area contributed by atoms with Crippen molar-refractivity contribution in [3.63, 3.8) is 0 Å². The van der Waals surface area contributed by atoms with Crippen molar-refractivity contribution in [3.05, 3.63) is 59.2 Å². The van der Waals surface area contributed by atoms with E-state index in [9.17, 15) is 4.79 Å². The lowest BCUT2D eigenvalue weighted by molar-refractivity contribution is 0.0929. The van der Waals surface area contributed by atoms with E-state index in [-0.39, 0.29) is 18.6 Å². The molecule has 0 spiro atoms. The number of rotatable bonds is 5. The molecule has 1 aliphatic carbocycles. The molecular weight excluding hydrogens is 274 g/mol. The van der Waals surface area contributed by atoms with Crippen molar-refractivity contribution < 1.29 is 9.90 Å². The fourth-order valence-electron chi connectivity index (χ4n) is 3.09. The lowest BCUT2D eigenvalue weighted by atomic mass is 10.0. The van der Waals surface area contributed by atoms with Gasteiger partial charge in [-0.3, -0.25) is 4.79 Å². The first-order valence-electron chi connectivity index (χ1n) is 7.86. The normalized spacial score (nSPS) is 13.4. The highest BCUT2D eigenvalue weighted by Crippen LogP contribution is 2.36. The molecule has 2 N–H and O–H groups in total. The number of aliphatic hydroxyl groups is 1. The third kappa shape index (κ3) is 2.77. The quantitative estimate of drug-likeness (QED) is 0.759. The van der Waals surface area contributed by atoms with Gasteiger partial charge in [-0.1, -0.05) is 37.3 Å². The number of carbonyl (C=O) groups excluding carboxylic acids is 1. The van der Waals surface area contributed by atoms with Crippen molar-refractivity contribution in [3.8, 4) is 11.1 Å². The van der Waals surface area contributed by atoms with E-state index < -0.39 is 0 Å². The van der Waals surface area contributed by atoms with Gasteiger partial charge in [0.15, 0.2) is 0 Å². The summed E-state index contributed by atoms with van der Waals surface area (Å²) in [5, 5.41) is 12.0. The number of carbonyl (C=O) groups is 1. The fraction of sp³-hybridized carbons (Fsp3) is 0.316. The van der Waals surface area contributed by atoms with Gasteiger partial charge in [0, 0.05) is 18.2 Å². The minimum absolute atomic E-state index is 0.0305. The van der Waals surface area contributed by atoms with Gasteiger partial charge in [-0.25, -0.2) is 0 Å². The Labute approximate surface area is 131 Å². The molecule has 1 unspecified atom stereocenters. The summed E-state index contributed by atoms with van der Waals surface area (Å²) in [5.41, 5.74) is 5.74. The van der Waals surface area contributed by atoms with Crippen LogP contribution in [-0.2, 0) is 6.42 Å².